The minimum absolute atomic E-state index is 0.00260. The number of benzene rings is 3. The van der Waals surface area contributed by atoms with Gasteiger partial charge in [0.2, 0.25) is 12.7 Å². The number of hydrogen-bond donors (Lipinski definition) is 1. The summed E-state index contributed by atoms with van der Waals surface area (Å²) in [6.07, 6.45) is 1.67. The molecule has 2 heterocycles. The van der Waals surface area contributed by atoms with E-state index in [0.29, 0.717) is 36.0 Å². The van der Waals surface area contributed by atoms with E-state index in [1.807, 2.05) is 36.1 Å². The molecule has 3 aromatic rings. The fourth-order valence-electron chi connectivity index (χ4n) is 5.67. The molecule has 2 aliphatic heterocycles. The second-order valence-corrected chi connectivity index (χ2v) is 10.1. The number of carbonyl (C=O) groups excluding carboxylic acids is 1. The number of carboxylic acids is 1. The van der Waals surface area contributed by atoms with Gasteiger partial charge in [-0.3, -0.25) is 14.5 Å². The third-order valence-corrected chi connectivity index (χ3v) is 7.68. The Bertz CT molecular complexity index is 1350. The fourth-order valence-corrected chi connectivity index (χ4v) is 5.67. The highest BCUT2D eigenvalue weighted by Gasteiger charge is 2.48. The second-order valence-electron chi connectivity index (χ2n) is 10.1. The Balaban J connectivity index is 1.50. The first-order valence-electron chi connectivity index (χ1n) is 13.5. The van der Waals surface area contributed by atoms with E-state index in [9.17, 15) is 19.1 Å². The quantitative estimate of drug-likeness (QED) is 0.371. The number of methoxy groups -OCH3 is 1. The highest BCUT2D eigenvalue weighted by Crippen LogP contribution is 2.47. The van der Waals surface area contributed by atoms with Gasteiger partial charge in [0.15, 0.2) is 11.5 Å². The number of hydrogen-bond acceptors (Lipinski definition) is 6. The van der Waals surface area contributed by atoms with Crippen molar-refractivity contribution in [2.45, 2.75) is 31.7 Å². The summed E-state index contributed by atoms with van der Waals surface area (Å²) in [5.41, 5.74) is 2.21. The van der Waals surface area contributed by atoms with Crippen LogP contribution in [0.5, 0.6) is 17.2 Å². The average molecular weight is 549 g/mol. The molecule has 0 saturated carbocycles. The summed E-state index contributed by atoms with van der Waals surface area (Å²) in [6.45, 7) is 3.00. The van der Waals surface area contributed by atoms with Crippen LogP contribution >= 0.6 is 0 Å². The Morgan fingerprint density at radius 1 is 1.02 bits per heavy atom. The van der Waals surface area contributed by atoms with Crippen LogP contribution in [0.1, 0.15) is 42.9 Å². The molecule has 9 heteroatoms. The summed E-state index contributed by atoms with van der Waals surface area (Å²) in [4.78, 5) is 30.3. The van der Waals surface area contributed by atoms with Crippen LogP contribution in [0.25, 0.3) is 0 Å². The second kappa shape index (κ2) is 12.0. The highest BCUT2D eigenvalue weighted by molar-refractivity contribution is 5.95. The molecule has 1 amide bonds. The Labute approximate surface area is 232 Å². The summed E-state index contributed by atoms with van der Waals surface area (Å²) < 4.78 is 30.0. The van der Waals surface area contributed by atoms with E-state index in [0.717, 1.165) is 24.0 Å². The Morgan fingerprint density at radius 3 is 2.40 bits per heavy atom. The van der Waals surface area contributed by atoms with E-state index < -0.39 is 23.8 Å². The van der Waals surface area contributed by atoms with Crippen LogP contribution in [-0.4, -0.2) is 55.4 Å². The minimum Gasteiger partial charge on any atom is -0.497 e. The largest absolute Gasteiger partial charge is 0.497 e. The fraction of sp³-hybridized carbons (Fsp3) is 0.355. The van der Waals surface area contributed by atoms with Gasteiger partial charge in [0, 0.05) is 30.7 Å². The van der Waals surface area contributed by atoms with E-state index in [-0.39, 0.29) is 25.1 Å². The maximum Gasteiger partial charge on any atom is 0.309 e. The van der Waals surface area contributed by atoms with E-state index in [1.165, 1.54) is 12.1 Å². The number of fused-ring (bicyclic) bond motifs is 1. The lowest BCUT2D eigenvalue weighted by Crippen LogP contribution is -2.41. The third-order valence-electron chi connectivity index (χ3n) is 7.68. The van der Waals surface area contributed by atoms with Crippen LogP contribution in [0.3, 0.4) is 0 Å². The highest BCUT2D eigenvalue weighted by atomic mass is 19.1. The summed E-state index contributed by atoms with van der Waals surface area (Å²) in [7, 11) is 1.58. The molecule has 5 rings (SSSR count). The molecule has 3 unspecified atom stereocenters. The maximum absolute atomic E-state index is 13.8. The molecule has 210 valence electrons. The number of ether oxygens (including phenoxy) is 3. The molecule has 0 aromatic heterocycles. The molecular formula is C31H33FN2O6. The zero-order chi connectivity index (χ0) is 28.2. The molecule has 0 bridgehead atoms. The topological polar surface area (TPSA) is 88.5 Å². The van der Waals surface area contributed by atoms with Gasteiger partial charge in [-0.1, -0.05) is 31.5 Å². The Morgan fingerprint density at radius 2 is 1.73 bits per heavy atom. The number of nitrogens with zero attached hydrogens (tertiary/aromatic N) is 2. The van der Waals surface area contributed by atoms with Crippen molar-refractivity contribution in [1.29, 1.82) is 0 Å². The third kappa shape index (κ3) is 5.60. The van der Waals surface area contributed by atoms with Gasteiger partial charge < -0.3 is 24.2 Å². The number of aliphatic carboxylic acids is 1. The molecule has 0 radical (unpaired) electrons. The standard InChI is InChI=1S/C31H33FN2O6/c1-3-4-15-34(23-10-8-22(32)9-11-23)28(35)18-33-17-25(21-7-14-26-27(16-21)40-19-39-26)29(31(36)37)30(33)20-5-12-24(38-2)13-6-20/h5-14,16,25,29-30H,3-4,15,17-19H2,1-2H3,(H,36,37). The van der Waals surface area contributed by atoms with Gasteiger partial charge in [0.1, 0.15) is 11.6 Å². The average Bonchev–Trinajstić information content (AvgIpc) is 3.58. The van der Waals surface area contributed by atoms with Crippen LogP contribution in [0, 0.1) is 11.7 Å². The lowest BCUT2D eigenvalue weighted by molar-refractivity contribution is -0.143. The van der Waals surface area contributed by atoms with Crippen molar-refractivity contribution in [2.75, 3.05) is 38.4 Å². The molecule has 3 atom stereocenters. The van der Waals surface area contributed by atoms with Crippen LogP contribution in [0.15, 0.2) is 66.7 Å². The molecular weight excluding hydrogens is 515 g/mol. The molecule has 0 spiro atoms. The monoisotopic (exact) mass is 548 g/mol. The van der Waals surface area contributed by atoms with Gasteiger partial charge >= 0.3 is 5.97 Å². The van der Waals surface area contributed by atoms with Crippen molar-refractivity contribution in [3.05, 3.63) is 83.7 Å². The number of carbonyl (C=O) groups is 2. The van der Waals surface area contributed by atoms with Gasteiger partial charge in [-0.05, 0) is 66.1 Å². The van der Waals surface area contributed by atoms with Crippen LogP contribution in [-0.2, 0) is 9.59 Å². The van der Waals surface area contributed by atoms with Crippen molar-refractivity contribution in [1.82, 2.24) is 4.90 Å². The summed E-state index contributed by atoms with van der Waals surface area (Å²) in [5.74, 6) is -0.850. The Kier molecular flexibility index (Phi) is 8.21. The van der Waals surface area contributed by atoms with E-state index in [1.54, 1.807) is 42.3 Å². The van der Waals surface area contributed by atoms with Crippen LogP contribution in [0.2, 0.25) is 0 Å². The van der Waals surface area contributed by atoms with Crippen molar-refractivity contribution in [3.63, 3.8) is 0 Å². The number of unbranched alkanes of at least 4 members (excludes halogenated alkanes) is 1. The number of carboxylic acid groups (broad SMARTS) is 1. The molecule has 40 heavy (non-hydrogen) atoms. The van der Waals surface area contributed by atoms with E-state index in [2.05, 4.69) is 0 Å². The van der Waals surface area contributed by atoms with Gasteiger partial charge in [-0.25, -0.2) is 4.39 Å². The Hall–Kier alpha value is -4.11. The molecule has 1 fully saturated rings. The SMILES string of the molecule is CCCCN(C(=O)CN1CC(c2ccc3c(c2)OCO3)C(C(=O)O)C1c1ccc(OC)cc1)c1ccc(F)cc1. The van der Waals surface area contributed by atoms with Crippen molar-refractivity contribution < 1.29 is 33.3 Å². The summed E-state index contributed by atoms with van der Waals surface area (Å²) >= 11 is 0. The molecule has 1 N–H and O–H groups in total. The lowest BCUT2D eigenvalue weighted by atomic mass is 9.82. The zero-order valence-corrected chi connectivity index (χ0v) is 22.6. The predicted octanol–water partition coefficient (Wildman–Crippen LogP) is 5.24. The number of likely N-dealkylation sites (tertiary alicyclic amines) is 1. The van der Waals surface area contributed by atoms with Gasteiger partial charge in [-0.2, -0.15) is 0 Å². The molecule has 1 saturated heterocycles. The van der Waals surface area contributed by atoms with Crippen molar-refractivity contribution in [3.8, 4) is 17.2 Å². The lowest BCUT2D eigenvalue weighted by Gasteiger charge is -2.30. The van der Waals surface area contributed by atoms with Gasteiger partial charge in [0.05, 0.1) is 19.6 Å². The van der Waals surface area contributed by atoms with Crippen molar-refractivity contribution >= 4 is 17.6 Å². The maximum atomic E-state index is 13.8. The molecule has 2 aliphatic rings. The molecule has 8 nitrogen and oxygen atoms in total. The molecule has 0 aliphatic carbocycles. The van der Waals surface area contributed by atoms with Gasteiger partial charge in [-0.15, -0.1) is 0 Å². The zero-order valence-electron chi connectivity index (χ0n) is 22.6. The van der Waals surface area contributed by atoms with E-state index in [4.69, 9.17) is 14.2 Å². The predicted molar refractivity (Wildman–Crippen MR) is 147 cm³/mol. The van der Waals surface area contributed by atoms with Crippen molar-refractivity contribution in [2.24, 2.45) is 5.92 Å². The first-order valence-corrected chi connectivity index (χ1v) is 13.5. The number of anilines is 1. The van der Waals surface area contributed by atoms with Crippen LogP contribution < -0.4 is 19.1 Å². The number of rotatable bonds is 10. The summed E-state index contributed by atoms with van der Waals surface area (Å²) in [6, 6.07) is 18.1. The normalized spacial score (nSPS) is 19.9. The van der Waals surface area contributed by atoms with Crippen LogP contribution in [0.4, 0.5) is 10.1 Å². The smallest absolute Gasteiger partial charge is 0.309 e. The molecule has 3 aromatic carbocycles. The first-order chi connectivity index (χ1) is 19.4. The first kappa shape index (κ1) is 27.5. The number of amides is 1. The minimum atomic E-state index is -0.945. The summed E-state index contributed by atoms with van der Waals surface area (Å²) in [5, 5.41) is 10.5. The number of halogens is 1. The van der Waals surface area contributed by atoms with E-state index >= 15 is 0 Å². The van der Waals surface area contributed by atoms with Gasteiger partial charge in [0.25, 0.3) is 0 Å².